The summed E-state index contributed by atoms with van der Waals surface area (Å²) < 4.78 is 0. The Bertz CT molecular complexity index is 515. The highest BCUT2D eigenvalue weighted by molar-refractivity contribution is 14.0. The zero-order valence-corrected chi connectivity index (χ0v) is 13.4. The number of halogens is 1. The van der Waals surface area contributed by atoms with Crippen molar-refractivity contribution in [3.05, 3.63) is 60.2 Å². The van der Waals surface area contributed by atoms with Crippen molar-refractivity contribution in [3.8, 4) is 0 Å². The highest BCUT2D eigenvalue weighted by atomic mass is 127. The van der Waals surface area contributed by atoms with E-state index in [4.69, 9.17) is 0 Å². The van der Waals surface area contributed by atoms with E-state index in [0.29, 0.717) is 5.37 Å². The highest BCUT2D eigenvalue weighted by Crippen LogP contribution is 2.43. The Morgan fingerprint density at radius 3 is 2.44 bits per heavy atom. The molecule has 1 unspecified atom stereocenters. The first-order chi connectivity index (χ1) is 8.34. The Morgan fingerprint density at radius 2 is 1.67 bits per heavy atom. The Morgan fingerprint density at radius 1 is 1.00 bits per heavy atom. The minimum absolute atomic E-state index is 0. The molecule has 18 heavy (non-hydrogen) atoms. The van der Waals surface area contributed by atoms with Crippen molar-refractivity contribution < 1.29 is 0 Å². The second kappa shape index (κ2) is 5.97. The molecule has 3 heteroatoms. The maximum absolute atomic E-state index is 2.47. The van der Waals surface area contributed by atoms with Crippen LogP contribution in [0.25, 0.3) is 0 Å². The summed E-state index contributed by atoms with van der Waals surface area (Å²) in [5.74, 6) is 0. The summed E-state index contributed by atoms with van der Waals surface area (Å²) in [5, 5.41) is 0.521. The fourth-order valence-corrected chi connectivity index (χ4v) is 3.38. The van der Waals surface area contributed by atoms with Crippen molar-refractivity contribution >= 4 is 41.4 Å². The molecule has 1 heterocycles. The fraction of sp³-hybridized carbons (Fsp3) is 0.200. The van der Waals surface area contributed by atoms with Gasteiger partial charge in [-0.1, -0.05) is 54.2 Å². The predicted molar refractivity (Wildman–Crippen MR) is 89.8 cm³/mol. The third kappa shape index (κ3) is 2.67. The van der Waals surface area contributed by atoms with Crippen LogP contribution in [0.2, 0.25) is 0 Å². The predicted octanol–water partition coefficient (Wildman–Crippen LogP) is 4.76. The second-order valence-electron chi connectivity index (χ2n) is 4.30. The summed E-state index contributed by atoms with van der Waals surface area (Å²) in [6, 6.07) is 19.3. The molecule has 94 valence electrons. The van der Waals surface area contributed by atoms with Gasteiger partial charge < -0.3 is 4.90 Å². The fourth-order valence-electron chi connectivity index (χ4n) is 2.23. The molecule has 0 saturated carbocycles. The molecule has 0 radical (unpaired) electrons. The average Bonchev–Trinajstić information content (AvgIpc) is 2.68. The normalized spacial score (nSPS) is 17.2. The number of rotatable bonds is 2. The van der Waals surface area contributed by atoms with Gasteiger partial charge in [0.25, 0.3) is 0 Å². The van der Waals surface area contributed by atoms with E-state index in [2.05, 4.69) is 66.4 Å². The van der Waals surface area contributed by atoms with Gasteiger partial charge >= 0.3 is 0 Å². The molecular weight excluding hydrogens is 353 g/mol. The quantitative estimate of drug-likeness (QED) is 0.702. The van der Waals surface area contributed by atoms with Gasteiger partial charge in [0.05, 0.1) is 11.1 Å². The molecule has 0 N–H and O–H groups in total. The van der Waals surface area contributed by atoms with E-state index >= 15 is 0 Å². The number of anilines is 1. The molecule has 2 aromatic carbocycles. The zero-order chi connectivity index (χ0) is 11.7. The standard InChI is InChI=1S/C15H15NS.HI/c1-12-16(11-13-7-3-2-4-8-13)14-9-5-6-10-15(14)17-12;/h2-10,12H,11H2,1H3;1H. The summed E-state index contributed by atoms with van der Waals surface area (Å²) in [7, 11) is 0. The average molecular weight is 369 g/mol. The molecule has 0 saturated heterocycles. The SMILES string of the molecule is CC1Sc2ccccc2N1Cc1ccccc1.I. The molecule has 3 rings (SSSR count). The third-order valence-electron chi connectivity index (χ3n) is 3.11. The number of benzene rings is 2. The highest BCUT2D eigenvalue weighted by Gasteiger charge is 2.25. The molecule has 2 aromatic rings. The van der Waals surface area contributed by atoms with Gasteiger partial charge in [-0.2, -0.15) is 0 Å². The number of nitrogens with zero attached hydrogens (tertiary/aromatic N) is 1. The van der Waals surface area contributed by atoms with Gasteiger partial charge in [0.15, 0.2) is 0 Å². The number of hydrogen-bond acceptors (Lipinski definition) is 2. The zero-order valence-electron chi connectivity index (χ0n) is 10.2. The first kappa shape index (κ1) is 13.7. The summed E-state index contributed by atoms with van der Waals surface area (Å²) >= 11 is 1.94. The molecule has 0 fully saturated rings. The number of hydrogen-bond donors (Lipinski definition) is 0. The minimum atomic E-state index is 0. The van der Waals surface area contributed by atoms with E-state index in [0.717, 1.165) is 6.54 Å². The van der Waals surface area contributed by atoms with Crippen LogP contribution in [0, 0.1) is 0 Å². The van der Waals surface area contributed by atoms with Crippen LogP contribution in [0.3, 0.4) is 0 Å². The number of thioether (sulfide) groups is 1. The van der Waals surface area contributed by atoms with E-state index in [1.54, 1.807) is 0 Å². The maximum Gasteiger partial charge on any atom is 0.0773 e. The molecule has 1 aliphatic heterocycles. The molecule has 0 spiro atoms. The summed E-state index contributed by atoms with van der Waals surface area (Å²) in [6.07, 6.45) is 0. The van der Waals surface area contributed by atoms with Crippen molar-refractivity contribution in [1.82, 2.24) is 0 Å². The molecule has 0 aromatic heterocycles. The van der Waals surface area contributed by atoms with Crippen molar-refractivity contribution in [3.63, 3.8) is 0 Å². The first-order valence-electron chi connectivity index (χ1n) is 5.91. The lowest BCUT2D eigenvalue weighted by Crippen LogP contribution is -2.25. The van der Waals surface area contributed by atoms with Crippen LogP contribution >= 0.6 is 35.7 Å². The molecule has 1 atom stereocenters. The minimum Gasteiger partial charge on any atom is -0.354 e. The number of fused-ring (bicyclic) bond motifs is 1. The molecular formula is C15H16INS. The van der Waals surface area contributed by atoms with Gasteiger partial charge in [0, 0.05) is 11.4 Å². The Hall–Kier alpha value is -0.680. The van der Waals surface area contributed by atoms with Crippen molar-refractivity contribution in [2.24, 2.45) is 0 Å². The Balaban J connectivity index is 0.00000120. The van der Waals surface area contributed by atoms with Crippen molar-refractivity contribution in [1.29, 1.82) is 0 Å². The van der Waals surface area contributed by atoms with Crippen molar-refractivity contribution in [2.45, 2.75) is 23.7 Å². The summed E-state index contributed by atoms with van der Waals surface area (Å²) in [6.45, 7) is 3.26. The lowest BCUT2D eigenvalue weighted by Gasteiger charge is -2.23. The van der Waals surface area contributed by atoms with Crippen LogP contribution in [0.4, 0.5) is 5.69 Å². The molecule has 1 nitrogen and oxygen atoms in total. The maximum atomic E-state index is 2.47. The van der Waals surface area contributed by atoms with Crippen LogP contribution in [-0.4, -0.2) is 5.37 Å². The molecule has 1 aliphatic rings. The largest absolute Gasteiger partial charge is 0.354 e. The lowest BCUT2D eigenvalue weighted by molar-refractivity contribution is 0.802. The summed E-state index contributed by atoms with van der Waals surface area (Å²) in [5.41, 5.74) is 2.74. The van der Waals surface area contributed by atoms with E-state index in [1.807, 2.05) is 11.8 Å². The molecule has 0 amide bonds. The molecule has 0 bridgehead atoms. The van der Waals surface area contributed by atoms with Crippen LogP contribution in [-0.2, 0) is 6.54 Å². The summed E-state index contributed by atoms with van der Waals surface area (Å²) in [4.78, 5) is 3.87. The van der Waals surface area contributed by atoms with Crippen LogP contribution < -0.4 is 4.90 Å². The van der Waals surface area contributed by atoms with Gasteiger partial charge in [0.2, 0.25) is 0 Å². The topological polar surface area (TPSA) is 3.24 Å². The van der Waals surface area contributed by atoms with Gasteiger partial charge in [-0.15, -0.1) is 24.0 Å². The van der Waals surface area contributed by atoms with Crippen LogP contribution in [0.1, 0.15) is 12.5 Å². The lowest BCUT2D eigenvalue weighted by atomic mass is 10.2. The van der Waals surface area contributed by atoms with Gasteiger partial charge in [-0.25, -0.2) is 0 Å². The first-order valence-corrected chi connectivity index (χ1v) is 6.79. The molecule has 0 aliphatic carbocycles. The number of para-hydroxylation sites is 1. The van der Waals surface area contributed by atoms with E-state index < -0.39 is 0 Å². The van der Waals surface area contributed by atoms with E-state index in [1.165, 1.54) is 16.1 Å². The van der Waals surface area contributed by atoms with Crippen LogP contribution in [0.15, 0.2) is 59.5 Å². The van der Waals surface area contributed by atoms with E-state index in [-0.39, 0.29) is 24.0 Å². The van der Waals surface area contributed by atoms with E-state index in [9.17, 15) is 0 Å². The van der Waals surface area contributed by atoms with Gasteiger partial charge in [0.1, 0.15) is 0 Å². The Labute approximate surface area is 130 Å². The smallest absolute Gasteiger partial charge is 0.0773 e. The third-order valence-corrected chi connectivity index (χ3v) is 4.30. The Kier molecular flexibility index (Phi) is 4.56. The van der Waals surface area contributed by atoms with Gasteiger partial charge in [-0.3, -0.25) is 0 Å². The van der Waals surface area contributed by atoms with Crippen molar-refractivity contribution in [2.75, 3.05) is 4.90 Å². The van der Waals surface area contributed by atoms with Gasteiger partial charge in [-0.05, 0) is 24.6 Å². The second-order valence-corrected chi connectivity index (χ2v) is 5.66. The monoisotopic (exact) mass is 369 g/mol. The van der Waals surface area contributed by atoms with Crippen LogP contribution in [0.5, 0.6) is 0 Å².